The topological polar surface area (TPSA) is 77.1 Å². The Morgan fingerprint density at radius 1 is 0.900 bits per heavy atom. The molecule has 200 valence electrons. The Labute approximate surface area is 234 Å². The normalized spacial score (nSPS) is 11.8. The van der Waals surface area contributed by atoms with Crippen LogP contribution in [0.2, 0.25) is 10.0 Å². The number of carbonyl (C=O) groups excluding carboxylic acids is 1. The van der Waals surface area contributed by atoms with E-state index < -0.39 is 17.8 Å². The summed E-state index contributed by atoms with van der Waals surface area (Å²) in [6.45, 7) is 0.359. The summed E-state index contributed by atoms with van der Waals surface area (Å²) >= 11 is 12.2. The van der Waals surface area contributed by atoms with E-state index in [0.717, 1.165) is 22.4 Å². The van der Waals surface area contributed by atoms with Crippen molar-refractivity contribution in [2.24, 2.45) is 0 Å². The van der Waals surface area contributed by atoms with Gasteiger partial charge in [0.2, 0.25) is 0 Å². The maximum atomic E-state index is 14.1. The molecule has 3 heterocycles. The van der Waals surface area contributed by atoms with Crippen molar-refractivity contribution in [2.75, 3.05) is 5.32 Å². The number of halogens is 5. The highest BCUT2D eigenvalue weighted by Gasteiger charge is 2.35. The SMILES string of the molecule is O=C(Nc1nn(Cc2ccc(Cl)cc2)cc1Cl)c1cc2nc(-c3ccc4ccccc4c3)cc(C(F)(F)F)n2n1. The lowest BCUT2D eigenvalue weighted by Crippen LogP contribution is -2.16. The van der Waals surface area contributed by atoms with E-state index in [4.69, 9.17) is 23.2 Å². The van der Waals surface area contributed by atoms with E-state index >= 15 is 0 Å². The lowest BCUT2D eigenvalue weighted by molar-refractivity contribution is -0.142. The molecule has 0 aliphatic rings. The minimum absolute atomic E-state index is 0.0403. The number of benzene rings is 3. The molecule has 6 aromatic rings. The van der Waals surface area contributed by atoms with E-state index in [-0.39, 0.29) is 27.9 Å². The summed E-state index contributed by atoms with van der Waals surface area (Å²) < 4.78 is 44.3. The number of carbonyl (C=O) groups is 1. The maximum absolute atomic E-state index is 14.1. The highest BCUT2D eigenvalue weighted by Crippen LogP contribution is 2.33. The van der Waals surface area contributed by atoms with Crippen molar-refractivity contribution in [3.05, 3.63) is 112 Å². The fourth-order valence-corrected chi connectivity index (χ4v) is 4.62. The molecule has 0 fully saturated rings. The molecule has 3 aromatic carbocycles. The summed E-state index contributed by atoms with van der Waals surface area (Å²) in [7, 11) is 0. The van der Waals surface area contributed by atoms with Gasteiger partial charge in [-0.3, -0.25) is 9.48 Å². The van der Waals surface area contributed by atoms with Crippen LogP contribution in [0.15, 0.2) is 85.1 Å². The number of amides is 1. The first kappa shape index (κ1) is 25.8. The molecule has 0 bridgehead atoms. The fourth-order valence-electron chi connectivity index (χ4n) is 4.30. The van der Waals surface area contributed by atoms with Gasteiger partial charge >= 0.3 is 6.18 Å². The second-order valence-electron chi connectivity index (χ2n) is 8.99. The molecule has 7 nitrogen and oxygen atoms in total. The zero-order chi connectivity index (χ0) is 28.0. The van der Waals surface area contributed by atoms with E-state index in [1.807, 2.05) is 42.5 Å². The van der Waals surface area contributed by atoms with Crippen LogP contribution in [0, 0.1) is 0 Å². The summed E-state index contributed by atoms with van der Waals surface area (Å²) in [4.78, 5) is 17.4. The fraction of sp³-hybridized carbons (Fsp3) is 0.0714. The van der Waals surface area contributed by atoms with Gasteiger partial charge in [-0.25, -0.2) is 9.50 Å². The number of rotatable bonds is 5. The van der Waals surface area contributed by atoms with E-state index in [1.165, 1.54) is 16.9 Å². The summed E-state index contributed by atoms with van der Waals surface area (Å²) in [6, 6.07) is 22.0. The molecule has 40 heavy (non-hydrogen) atoms. The van der Waals surface area contributed by atoms with Crippen LogP contribution in [0.1, 0.15) is 21.7 Å². The zero-order valence-electron chi connectivity index (χ0n) is 20.3. The molecule has 6 rings (SSSR count). The Kier molecular flexibility index (Phi) is 6.44. The molecule has 0 aliphatic heterocycles. The van der Waals surface area contributed by atoms with Gasteiger partial charge in [0, 0.05) is 22.8 Å². The minimum atomic E-state index is -4.75. The molecule has 0 saturated carbocycles. The third-order valence-electron chi connectivity index (χ3n) is 6.20. The van der Waals surface area contributed by atoms with Gasteiger partial charge in [-0.15, -0.1) is 0 Å². The van der Waals surface area contributed by atoms with Gasteiger partial charge in [-0.05, 0) is 40.6 Å². The number of fused-ring (bicyclic) bond motifs is 2. The Bertz CT molecular complexity index is 1900. The Morgan fingerprint density at radius 3 is 2.40 bits per heavy atom. The molecule has 12 heteroatoms. The minimum Gasteiger partial charge on any atom is -0.302 e. The summed E-state index contributed by atoms with van der Waals surface area (Å²) in [5, 5.41) is 13.2. The molecule has 1 N–H and O–H groups in total. The van der Waals surface area contributed by atoms with E-state index in [1.54, 1.807) is 24.3 Å². The van der Waals surface area contributed by atoms with Gasteiger partial charge < -0.3 is 5.32 Å². The number of anilines is 1. The van der Waals surface area contributed by atoms with Gasteiger partial charge in [0.1, 0.15) is 5.02 Å². The lowest BCUT2D eigenvalue weighted by atomic mass is 10.0. The Morgan fingerprint density at radius 2 is 1.65 bits per heavy atom. The van der Waals surface area contributed by atoms with Crippen molar-refractivity contribution in [2.45, 2.75) is 12.7 Å². The van der Waals surface area contributed by atoms with Crippen molar-refractivity contribution >= 4 is 51.3 Å². The molecule has 0 saturated heterocycles. The predicted octanol–water partition coefficient (Wildman–Crippen LogP) is 7.37. The van der Waals surface area contributed by atoms with Crippen LogP contribution < -0.4 is 5.32 Å². The molecule has 0 spiro atoms. The molecular formula is C28H17Cl2F3N6O. The molecule has 0 aliphatic carbocycles. The number of alkyl halides is 3. The van der Waals surface area contributed by atoms with E-state index in [9.17, 15) is 18.0 Å². The smallest absolute Gasteiger partial charge is 0.302 e. The van der Waals surface area contributed by atoms with Gasteiger partial charge in [0.25, 0.3) is 5.91 Å². The van der Waals surface area contributed by atoms with Crippen molar-refractivity contribution in [3.8, 4) is 11.3 Å². The van der Waals surface area contributed by atoms with Crippen LogP contribution >= 0.6 is 23.2 Å². The van der Waals surface area contributed by atoms with Crippen LogP contribution in [-0.2, 0) is 12.7 Å². The first-order valence-corrected chi connectivity index (χ1v) is 12.7. The predicted molar refractivity (Wildman–Crippen MR) is 147 cm³/mol. The Hall–Kier alpha value is -4.41. The maximum Gasteiger partial charge on any atom is 0.433 e. The average Bonchev–Trinajstić information content (AvgIpc) is 3.51. The molecular weight excluding hydrogens is 564 g/mol. The van der Waals surface area contributed by atoms with Crippen LogP contribution in [0.5, 0.6) is 0 Å². The molecule has 0 radical (unpaired) electrons. The molecule has 0 unspecified atom stereocenters. The highest BCUT2D eigenvalue weighted by atomic mass is 35.5. The van der Waals surface area contributed by atoms with Gasteiger partial charge in [0.15, 0.2) is 22.9 Å². The zero-order valence-corrected chi connectivity index (χ0v) is 21.8. The van der Waals surface area contributed by atoms with Crippen molar-refractivity contribution < 1.29 is 18.0 Å². The third-order valence-corrected chi connectivity index (χ3v) is 6.73. The monoisotopic (exact) mass is 580 g/mol. The second-order valence-corrected chi connectivity index (χ2v) is 9.83. The van der Waals surface area contributed by atoms with Crippen molar-refractivity contribution in [1.82, 2.24) is 24.4 Å². The number of nitrogens with zero attached hydrogens (tertiary/aromatic N) is 5. The standard InChI is InChI=1S/C28H17Cl2F3N6O/c29-20-9-5-16(6-10-20)14-38-15-21(30)26(37-38)35-27(40)23-13-25-34-22(12-24(28(31,32)33)39(25)36-23)19-8-7-17-3-1-2-4-18(17)11-19/h1-13,15H,14H2,(H,35,37,40). The number of hydrogen-bond acceptors (Lipinski definition) is 4. The lowest BCUT2D eigenvalue weighted by Gasteiger charge is -2.11. The average molecular weight is 581 g/mol. The number of hydrogen-bond donors (Lipinski definition) is 1. The largest absolute Gasteiger partial charge is 0.433 e. The molecule has 3 aromatic heterocycles. The first-order valence-electron chi connectivity index (χ1n) is 11.9. The summed E-state index contributed by atoms with van der Waals surface area (Å²) in [5.41, 5.74) is 0.0116. The van der Waals surface area contributed by atoms with Gasteiger partial charge in [0.05, 0.1) is 12.2 Å². The number of aromatic nitrogens is 5. The molecule has 1 amide bonds. The summed E-state index contributed by atoms with van der Waals surface area (Å²) in [6.07, 6.45) is -3.23. The molecule has 0 atom stereocenters. The van der Waals surface area contributed by atoms with Crippen LogP contribution in [0.25, 0.3) is 27.7 Å². The van der Waals surface area contributed by atoms with E-state index in [2.05, 4.69) is 20.5 Å². The summed E-state index contributed by atoms with van der Waals surface area (Å²) in [5.74, 6) is -0.747. The van der Waals surface area contributed by atoms with Crippen molar-refractivity contribution in [1.29, 1.82) is 0 Å². The van der Waals surface area contributed by atoms with E-state index in [0.29, 0.717) is 21.6 Å². The van der Waals surface area contributed by atoms with Crippen molar-refractivity contribution in [3.63, 3.8) is 0 Å². The first-order chi connectivity index (χ1) is 19.1. The van der Waals surface area contributed by atoms with Gasteiger partial charge in [-0.1, -0.05) is 71.7 Å². The quantitative estimate of drug-likeness (QED) is 0.231. The van der Waals surface area contributed by atoms with Crippen LogP contribution in [-0.4, -0.2) is 30.3 Å². The van der Waals surface area contributed by atoms with Gasteiger partial charge in [-0.2, -0.15) is 23.4 Å². The highest BCUT2D eigenvalue weighted by molar-refractivity contribution is 6.33. The third kappa shape index (κ3) is 5.11. The number of nitrogens with one attached hydrogen (secondary N) is 1. The van der Waals surface area contributed by atoms with Crippen LogP contribution in [0.4, 0.5) is 19.0 Å². The van der Waals surface area contributed by atoms with Crippen LogP contribution in [0.3, 0.4) is 0 Å². The Balaban J connectivity index is 1.32. The second kappa shape index (κ2) is 9.96.